The van der Waals surface area contributed by atoms with E-state index in [0.29, 0.717) is 6.61 Å². The highest BCUT2D eigenvalue weighted by molar-refractivity contribution is 5.75. The van der Waals surface area contributed by atoms with Gasteiger partial charge >= 0.3 is 5.97 Å². The molecule has 108 valence electrons. The lowest BCUT2D eigenvalue weighted by atomic mass is 9.89. The van der Waals surface area contributed by atoms with Gasteiger partial charge in [0.25, 0.3) is 0 Å². The standard InChI is InChI=1S/C14H29NO3/c1-6-8-12(13(16)18-7-2)15-11-14(3,4)9-10-17-5/h12,15H,6-11H2,1-5H3. The van der Waals surface area contributed by atoms with Crippen LogP contribution in [-0.4, -0.2) is 38.9 Å². The molecule has 0 bridgehead atoms. The SMILES string of the molecule is CCCC(NCC(C)(C)CCOC)C(=O)OCC. The van der Waals surface area contributed by atoms with Crippen molar-refractivity contribution in [1.29, 1.82) is 0 Å². The van der Waals surface area contributed by atoms with Gasteiger partial charge in [-0.2, -0.15) is 0 Å². The Labute approximate surface area is 111 Å². The Morgan fingerprint density at radius 1 is 1.33 bits per heavy atom. The van der Waals surface area contributed by atoms with E-state index in [2.05, 4.69) is 26.1 Å². The number of nitrogens with one attached hydrogen (secondary N) is 1. The van der Waals surface area contributed by atoms with E-state index in [9.17, 15) is 4.79 Å². The first kappa shape index (κ1) is 17.4. The number of hydrogen-bond donors (Lipinski definition) is 1. The summed E-state index contributed by atoms with van der Waals surface area (Å²) in [5, 5.41) is 3.32. The van der Waals surface area contributed by atoms with Crippen LogP contribution in [0.5, 0.6) is 0 Å². The lowest BCUT2D eigenvalue weighted by Gasteiger charge is -2.27. The Morgan fingerprint density at radius 3 is 2.50 bits per heavy atom. The number of ether oxygens (including phenoxy) is 2. The molecule has 0 amide bonds. The van der Waals surface area contributed by atoms with Crippen LogP contribution in [0.4, 0.5) is 0 Å². The van der Waals surface area contributed by atoms with Gasteiger partial charge < -0.3 is 14.8 Å². The maximum absolute atomic E-state index is 11.8. The van der Waals surface area contributed by atoms with Gasteiger partial charge in [0.05, 0.1) is 6.61 Å². The first-order valence-corrected chi connectivity index (χ1v) is 6.85. The second-order valence-electron chi connectivity index (χ2n) is 5.38. The molecule has 0 aliphatic heterocycles. The topological polar surface area (TPSA) is 47.6 Å². The van der Waals surface area contributed by atoms with Crippen LogP contribution < -0.4 is 5.32 Å². The molecule has 0 rings (SSSR count). The molecule has 0 saturated carbocycles. The number of rotatable bonds is 10. The minimum atomic E-state index is -0.184. The van der Waals surface area contributed by atoms with Gasteiger partial charge in [-0.25, -0.2) is 0 Å². The highest BCUT2D eigenvalue weighted by Gasteiger charge is 2.23. The van der Waals surface area contributed by atoms with Crippen molar-refractivity contribution in [3.05, 3.63) is 0 Å². The van der Waals surface area contributed by atoms with Crippen molar-refractivity contribution >= 4 is 5.97 Å². The fourth-order valence-electron chi connectivity index (χ4n) is 1.70. The van der Waals surface area contributed by atoms with E-state index >= 15 is 0 Å². The van der Waals surface area contributed by atoms with Crippen molar-refractivity contribution in [2.45, 2.75) is 53.0 Å². The van der Waals surface area contributed by atoms with Crippen LogP contribution in [-0.2, 0) is 14.3 Å². The van der Waals surface area contributed by atoms with Gasteiger partial charge in [-0.15, -0.1) is 0 Å². The second kappa shape index (κ2) is 9.34. The van der Waals surface area contributed by atoms with Gasteiger partial charge in [0.1, 0.15) is 6.04 Å². The summed E-state index contributed by atoms with van der Waals surface area (Å²) in [6.07, 6.45) is 2.76. The highest BCUT2D eigenvalue weighted by atomic mass is 16.5. The minimum absolute atomic E-state index is 0.120. The molecule has 0 radical (unpaired) electrons. The molecule has 0 aliphatic carbocycles. The number of hydrogen-bond acceptors (Lipinski definition) is 4. The third-order valence-corrected chi connectivity index (χ3v) is 2.96. The fraction of sp³-hybridized carbons (Fsp3) is 0.929. The van der Waals surface area contributed by atoms with Crippen molar-refractivity contribution in [3.8, 4) is 0 Å². The van der Waals surface area contributed by atoms with Crippen molar-refractivity contribution < 1.29 is 14.3 Å². The van der Waals surface area contributed by atoms with Crippen molar-refractivity contribution in [2.75, 3.05) is 26.9 Å². The summed E-state index contributed by atoms with van der Waals surface area (Å²) in [6.45, 7) is 10.2. The number of methoxy groups -OCH3 is 1. The Hall–Kier alpha value is -0.610. The highest BCUT2D eigenvalue weighted by Crippen LogP contribution is 2.19. The molecule has 4 heteroatoms. The minimum Gasteiger partial charge on any atom is -0.465 e. The van der Waals surface area contributed by atoms with Gasteiger partial charge in [-0.05, 0) is 25.2 Å². The summed E-state index contributed by atoms with van der Waals surface area (Å²) >= 11 is 0. The Kier molecular flexibility index (Phi) is 9.02. The summed E-state index contributed by atoms with van der Waals surface area (Å²) in [5.74, 6) is -0.137. The Bertz CT molecular complexity index is 229. The third-order valence-electron chi connectivity index (χ3n) is 2.96. The summed E-state index contributed by atoms with van der Waals surface area (Å²) in [6, 6.07) is -0.184. The fourth-order valence-corrected chi connectivity index (χ4v) is 1.70. The maximum atomic E-state index is 11.8. The van der Waals surface area contributed by atoms with Gasteiger partial charge in [0.15, 0.2) is 0 Å². The van der Waals surface area contributed by atoms with Crippen LogP contribution in [0.25, 0.3) is 0 Å². The van der Waals surface area contributed by atoms with Crippen molar-refractivity contribution in [2.24, 2.45) is 5.41 Å². The molecule has 0 spiro atoms. The van der Waals surface area contributed by atoms with Crippen LogP contribution >= 0.6 is 0 Å². The maximum Gasteiger partial charge on any atom is 0.323 e. The first-order chi connectivity index (χ1) is 8.46. The third kappa shape index (κ3) is 7.67. The van der Waals surface area contributed by atoms with E-state index < -0.39 is 0 Å². The summed E-state index contributed by atoms with van der Waals surface area (Å²) < 4.78 is 10.2. The van der Waals surface area contributed by atoms with E-state index in [4.69, 9.17) is 9.47 Å². The smallest absolute Gasteiger partial charge is 0.323 e. The van der Waals surface area contributed by atoms with E-state index in [1.807, 2.05) is 6.92 Å². The van der Waals surface area contributed by atoms with E-state index in [1.165, 1.54) is 0 Å². The molecular formula is C14H29NO3. The quantitative estimate of drug-likeness (QED) is 0.612. The van der Waals surface area contributed by atoms with Gasteiger partial charge in [0.2, 0.25) is 0 Å². The van der Waals surface area contributed by atoms with Crippen LogP contribution in [0.2, 0.25) is 0 Å². The lowest BCUT2D eigenvalue weighted by molar-refractivity contribution is -0.146. The first-order valence-electron chi connectivity index (χ1n) is 6.85. The molecule has 1 unspecified atom stereocenters. The largest absolute Gasteiger partial charge is 0.465 e. The molecule has 1 N–H and O–H groups in total. The van der Waals surface area contributed by atoms with Crippen LogP contribution in [0.15, 0.2) is 0 Å². The molecule has 0 aromatic rings. The molecular weight excluding hydrogens is 230 g/mol. The molecule has 18 heavy (non-hydrogen) atoms. The molecule has 4 nitrogen and oxygen atoms in total. The van der Waals surface area contributed by atoms with Crippen LogP contribution in [0.3, 0.4) is 0 Å². The summed E-state index contributed by atoms with van der Waals surface area (Å²) in [7, 11) is 1.71. The zero-order chi connectivity index (χ0) is 14.0. The van der Waals surface area contributed by atoms with Gasteiger partial charge in [-0.3, -0.25) is 4.79 Å². The zero-order valence-electron chi connectivity index (χ0n) is 12.5. The molecule has 0 saturated heterocycles. The van der Waals surface area contributed by atoms with Gasteiger partial charge in [-0.1, -0.05) is 27.2 Å². The lowest BCUT2D eigenvalue weighted by Crippen LogP contribution is -2.43. The second-order valence-corrected chi connectivity index (χ2v) is 5.38. The molecule has 1 atom stereocenters. The zero-order valence-corrected chi connectivity index (χ0v) is 12.5. The molecule has 0 fully saturated rings. The van der Waals surface area contributed by atoms with E-state index in [-0.39, 0.29) is 17.4 Å². The van der Waals surface area contributed by atoms with E-state index in [1.54, 1.807) is 7.11 Å². The van der Waals surface area contributed by atoms with Crippen LogP contribution in [0, 0.1) is 5.41 Å². The molecule has 0 aromatic carbocycles. The Morgan fingerprint density at radius 2 is 2.00 bits per heavy atom. The molecule has 0 aromatic heterocycles. The Balaban J connectivity index is 4.20. The van der Waals surface area contributed by atoms with Crippen LogP contribution in [0.1, 0.15) is 47.0 Å². The number of carbonyl (C=O) groups is 1. The normalized spacial score (nSPS) is 13.4. The molecule has 0 aliphatic rings. The average Bonchev–Trinajstić information content (AvgIpc) is 2.32. The number of esters is 1. The monoisotopic (exact) mass is 259 g/mol. The predicted octanol–water partition coefficient (Wildman–Crippen LogP) is 2.37. The predicted molar refractivity (Wildman–Crippen MR) is 73.6 cm³/mol. The van der Waals surface area contributed by atoms with Gasteiger partial charge in [0, 0.05) is 20.3 Å². The molecule has 0 heterocycles. The summed E-state index contributed by atoms with van der Waals surface area (Å²) in [4.78, 5) is 11.8. The van der Waals surface area contributed by atoms with Crippen molar-refractivity contribution in [3.63, 3.8) is 0 Å². The summed E-state index contributed by atoms with van der Waals surface area (Å²) in [5.41, 5.74) is 0.120. The van der Waals surface area contributed by atoms with Crippen molar-refractivity contribution in [1.82, 2.24) is 5.32 Å². The number of carbonyl (C=O) groups excluding carboxylic acids is 1. The van der Waals surface area contributed by atoms with E-state index in [0.717, 1.165) is 32.4 Å². The average molecular weight is 259 g/mol.